The quantitative estimate of drug-likeness (QED) is 0.487. The lowest BCUT2D eigenvalue weighted by Gasteiger charge is -2.10. The highest BCUT2D eigenvalue weighted by molar-refractivity contribution is 7.15. The standard InChI is InChI=1S/C18H16N2O5S/c1-11(21)12-3-4-15(24-2)13(7-12)8-17(23)25-10-14-9-16(22)20-5-6-26-18(20)19-14/h3-7,9H,8,10H2,1-2H3. The molecular formula is C18H16N2O5S. The van der Waals surface area contributed by atoms with Gasteiger partial charge >= 0.3 is 5.97 Å². The summed E-state index contributed by atoms with van der Waals surface area (Å²) in [4.78, 5) is 40.4. The van der Waals surface area contributed by atoms with E-state index in [1.807, 2.05) is 0 Å². The Hall–Kier alpha value is -3.00. The van der Waals surface area contributed by atoms with Crippen LogP contribution >= 0.6 is 11.3 Å². The van der Waals surface area contributed by atoms with Crippen LogP contribution < -0.4 is 10.3 Å². The average Bonchev–Trinajstić information content (AvgIpc) is 3.09. The smallest absolute Gasteiger partial charge is 0.310 e. The molecule has 0 saturated carbocycles. The number of methoxy groups -OCH3 is 1. The summed E-state index contributed by atoms with van der Waals surface area (Å²) in [5.41, 5.74) is 1.21. The summed E-state index contributed by atoms with van der Waals surface area (Å²) in [5, 5.41) is 1.76. The molecule has 3 aromatic rings. The van der Waals surface area contributed by atoms with Crippen molar-refractivity contribution >= 4 is 28.1 Å². The summed E-state index contributed by atoms with van der Waals surface area (Å²) in [5.74, 6) is -0.100. The van der Waals surface area contributed by atoms with Gasteiger partial charge in [-0.05, 0) is 25.1 Å². The van der Waals surface area contributed by atoms with Gasteiger partial charge in [-0.25, -0.2) is 4.98 Å². The van der Waals surface area contributed by atoms with Crippen LogP contribution in [0.2, 0.25) is 0 Å². The maximum atomic E-state index is 12.2. The van der Waals surface area contributed by atoms with Gasteiger partial charge in [-0.1, -0.05) is 0 Å². The van der Waals surface area contributed by atoms with Crippen molar-refractivity contribution < 1.29 is 19.1 Å². The molecule has 0 atom stereocenters. The Morgan fingerprint density at radius 3 is 2.81 bits per heavy atom. The number of fused-ring (bicyclic) bond motifs is 1. The highest BCUT2D eigenvalue weighted by Gasteiger charge is 2.13. The van der Waals surface area contributed by atoms with Gasteiger partial charge in [0.2, 0.25) is 0 Å². The minimum Gasteiger partial charge on any atom is -0.496 e. The number of hydrogen-bond donors (Lipinski definition) is 0. The van der Waals surface area contributed by atoms with Crippen molar-refractivity contribution in [3.05, 3.63) is 63.0 Å². The van der Waals surface area contributed by atoms with Crippen LogP contribution in [0.15, 0.2) is 40.6 Å². The number of nitrogens with zero attached hydrogens (tertiary/aromatic N) is 2. The van der Waals surface area contributed by atoms with Gasteiger partial charge in [0, 0.05) is 28.8 Å². The number of ketones is 1. The molecule has 0 unspecified atom stereocenters. The number of rotatable bonds is 6. The first kappa shape index (κ1) is 17.8. The van der Waals surface area contributed by atoms with Crippen LogP contribution in [0.4, 0.5) is 0 Å². The Bertz CT molecular complexity index is 1040. The van der Waals surface area contributed by atoms with Crippen molar-refractivity contribution in [3.8, 4) is 5.75 Å². The van der Waals surface area contributed by atoms with Gasteiger partial charge in [-0.15, -0.1) is 11.3 Å². The molecule has 0 fully saturated rings. The molecule has 0 N–H and O–H groups in total. The van der Waals surface area contributed by atoms with E-state index >= 15 is 0 Å². The number of thiazole rings is 1. The number of Topliss-reactive ketones (excluding diaryl/α,β-unsaturated/α-hetero) is 1. The third kappa shape index (κ3) is 3.80. The molecule has 2 aromatic heterocycles. The monoisotopic (exact) mass is 372 g/mol. The number of carbonyl (C=O) groups is 2. The zero-order chi connectivity index (χ0) is 18.7. The van der Waals surface area contributed by atoms with E-state index in [1.54, 1.807) is 29.8 Å². The number of carbonyl (C=O) groups excluding carboxylic acids is 2. The number of aromatic nitrogens is 2. The summed E-state index contributed by atoms with van der Waals surface area (Å²) in [6.45, 7) is 1.35. The number of hydrogen-bond acceptors (Lipinski definition) is 7. The lowest BCUT2D eigenvalue weighted by Crippen LogP contribution is -2.15. The SMILES string of the molecule is COc1ccc(C(C)=O)cc1CC(=O)OCc1cc(=O)n2ccsc2n1. The van der Waals surface area contributed by atoms with E-state index < -0.39 is 5.97 Å². The molecule has 0 bridgehead atoms. The van der Waals surface area contributed by atoms with Crippen LogP contribution in [-0.2, 0) is 22.6 Å². The predicted molar refractivity (Wildman–Crippen MR) is 95.8 cm³/mol. The molecule has 0 spiro atoms. The second kappa shape index (κ2) is 7.49. The Kier molecular flexibility index (Phi) is 5.13. The van der Waals surface area contributed by atoms with E-state index in [9.17, 15) is 14.4 Å². The predicted octanol–water partition coefficient (Wildman–Crippen LogP) is 2.25. The normalized spacial score (nSPS) is 10.7. The first-order chi connectivity index (χ1) is 12.5. The molecule has 1 aromatic carbocycles. The Balaban J connectivity index is 1.71. The van der Waals surface area contributed by atoms with E-state index in [0.717, 1.165) is 0 Å². The van der Waals surface area contributed by atoms with Crippen LogP contribution in [0.3, 0.4) is 0 Å². The fraction of sp³-hybridized carbons (Fsp3) is 0.222. The first-order valence-electron chi connectivity index (χ1n) is 7.77. The first-order valence-corrected chi connectivity index (χ1v) is 8.65. The molecule has 0 radical (unpaired) electrons. The second-order valence-electron chi connectivity index (χ2n) is 5.56. The van der Waals surface area contributed by atoms with Crippen molar-refractivity contribution in [2.75, 3.05) is 7.11 Å². The topological polar surface area (TPSA) is 87.0 Å². The molecule has 0 aliphatic heterocycles. The van der Waals surface area contributed by atoms with Crippen LogP contribution in [0.25, 0.3) is 4.96 Å². The Morgan fingerprint density at radius 2 is 2.08 bits per heavy atom. The van der Waals surface area contributed by atoms with Crippen LogP contribution in [0.5, 0.6) is 5.75 Å². The highest BCUT2D eigenvalue weighted by Crippen LogP contribution is 2.21. The van der Waals surface area contributed by atoms with Gasteiger partial charge < -0.3 is 9.47 Å². The zero-order valence-corrected chi connectivity index (χ0v) is 15.0. The zero-order valence-electron chi connectivity index (χ0n) is 14.2. The van der Waals surface area contributed by atoms with Gasteiger partial charge in [0.25, 0.3) is 5.56 Å². The van der Waals surface area contributed by atoms with Gasteiger partial charge in [0.05, 0.1) is 19.2 Å². The minimum absolute atomic E-state index is 0.0511. The van der Waals surface area contributed by atoms with Crippen molar-refractivity contribution in [2.24, 2.45) is 0 Å². The molecule has 0 amide bonds. The average molecular weight is 372 g/mol. The minimum atomic E-state index is -0.503. The largest absolute Gasteiger partial charge is 0.496 e. The molecule has 26 heavy (non-hydrogen) atoms. The summed E-state index contributed by atoms with van der Waals surface area (Å²) < 4.78 is 11.9. The number of ether oxygens (including phenoxy) is 2. The van der Waals surface area contributed by atoms with E-state index in [4.69, 9.17) is 9.47 Å². The summed E-state index contributed by atoms with van der Waals surface area (Å²) in [6, 6.07) is 6.24. The number of esters is 1. The third-order valence-electron chi connectivity index (χ3n) is 3.76. The maximum absolute atomic E-state index is 12.2. The summed E-state index contributed by atoms with van der Waals surface area (Å²) in [7, 11) is 1.49. The Morgan fingerprint density at radius 1 is 1.27 bits per heavy atom. The molecule has 2 heterocycles. The van der Waals surface area contributed by atoms with Gasteiger partial charge in [0.15, 0.2) is 10.7 Å². The van der Waals surface area contributed by atoms with Crippen LogP contribution in [0, 0.1) is 0 Å². The Labute approximate surface area is 152 Å². The van der Waals surface area contributed by atoms with Gasteiger partial charge in [-0.2, -0.15) is 0 Å². The van der Waals surface area contributed by atoms with E-state index in [2.05, 4.69) is 4.98 Å². The summed E-state index contributed by atoms with van der Waals surface area (Å²) >= 11 is 1.32. The van der Waals surface area contributed by atoms with E-state index in [1.165, 1.54) is 35.8 Å². The summed E-state index contributed by atoms with van der Waals surface area (Å²) in [6.07, 6.45) is 1.59. The van der Waals surface area contributed by atoms with Crippen molar-refractivity contribution in [3.63, 3.8) is 0 Å². The third-order valence-corrected chi connectivity index (χ3v) is 4.52. The van der Waals surface area contributed by atoms with Crippen molar-refractivity contribution in [1.82, 2.24) is 9.38 Å². The van der Waals surface area contributed by atoms with E-state index in [0.29, 0.717) is 27.5 Å². The van der Waals surface area contributed by atoms with E-state index in [-0.39, 0.29) is 24.4 Å². The fourth-order valence-corrected chi connectivity index (χ4v) is 3.20. The van der Waals surface area contributed by atoms with Gasteiger partial charge in [0.1, 0.15) is 12.4 Å². The fourth-order valence-electron chi connectivity index (χ4n) is 2.46. The van der Waals surface area contributed by atoms with Crippen molar-refractivity contribution in [2.45, 2.75) is 20.0 Å². The van der Waals surface area contributed by atoms with Crippen molar-refractivity contribution in [1.29, 1.82) is 0 Å². The lowest BCUT2D eigenvalue weighted by molar-refractivity contribution is -0.144. The lowest BCUT2D eigenvalue weighted by atomic mass is 10.0. The molecule has 3 rings (SSSR count). The van der Waals surface area contributed by atoms with Crippen LogP contribution in [0.1, 0.15) is 28.5 Å². The maximum Gasteiger partial charge on any atom is 0.310 e. The molecular weight excluding hydrogens is 356 g/mol. The molecule has 7 nitrogen and oxygen atoms in total. The molecule has 8 heteroatoms. The molecule has 0 aliphatic rings. The highest BCUT2D eigenvalue weighted by atomic mass is 32.1. The second-order valence-corrected chi connectivity index (χ2v) is 6.43. The van der Waals surface area contributed by atoms with Crippen LogP contribution in [-0.4, -0.2) is 28.2 Å². The molecule has 134 valence electrons. The number of benzene rings is 1. The van der Waals surface area contributed by atoms with Gasteiger partial charge in [-0.3, -0.25) is 18.8 Å². The molecule has 0 saturated heterocycles. The molecule has 0 aliphatic carbocycles.